The molecule has 2 heterocycles. The molecule has 0 aromatic carbocycles. The molecule has 376 valence electrons. The van der Waals surface area contributed by atoms with E-state index in [4.69, 9.17) is 10.2 Å². The fraction of sp³-hybridized carbons (Fsp3) is 1.00. The van der Waals surface area contributed by atoms with Crippen LogP contribution in [0.2, 0.25) is 0 Å². The molecule has 4 aliphatic carbocycles. The highest BCUT2D eigenvalue weighted by Crippen LogP contribution is 2.70. The van der Waals surface area contributed by atoms with Gasteiger partial charge in [0.1, 0.15) is 0 Å². The first kappa shape index (κ1) is 62.2. The second-order valence-electron chi connectivity index (χ2n) is 14.5. The Hall–Kier alpha value is -1.84. The number of hydrogen-bond donors (Lipinski definition) is 2. The number of hydrogen-bond acceptors (Lipinski definition) is 4. The van der Waals surface area contributed by atoms with Crippen LogP contribution in [0.25, 0.3) is 0 Å². The number of ether oxygens (including phenoxy) is 2. The van der Waals surface area contributed by atoms with Crippen LogP contribution >= 0.6 is 0 Å². The summed E-state index contributed by atoms with van der Waals surface area (Å²) >= 11 is 0. The van der Waals surface area contributed by atoms with Gasteiger partial charge in [-0.1, -0.05) is 42.5 Å². The molecule has 0 radical (unpaired) electrons. The molecule has 8 atom stereocenters. The highest BCUT2D eigenvalue weighted by molar-refractivity contribution is 5.20. The Labute approximate surface area is 340 Å². The lowest BCUT2D eigenvalue weighted by Gasteiger charge is -2.56. The normalized spacial score (nSPS) is 29.4. The third-order valence-corrected chi connectivity index (χ3v) is 11.2. The number of halogens is 24. The number of rotatable bonds is 0. The van der Waals surface area contributed by atoms with Gasteiger partial charge in [-0.05, 0) is 76.0 Å². The summed E-state index contributed by atoms with van der Waals surface area (Å²) in [6.45, 7) is 7.32. The summed E-state index contributed by atoms with van der Waals surface area (Å²) in [5.74, 6) is -4.02. The van der Waals surface area contributed by atoms with Gasteiger partial charge in [0.2, 0.25) is 0 Å². The zero-order valence-electron chi connectivity index (χ0n) is 31.6. The highest BCUT2D eigenvalue weighted by Gasteiger charge is 2.87. The third kappa shape index (κ3) is 10.6. The average Bonchev–Trinajstić information content (AvgIpc) is 3.74. The third-order valence-electron chi connectivity index (χ3n) is 11.2. The first-order chi connectivity index (χ1) is 26.4. The predicted molar refractivity (Wildman–Crippen MR) is 170 cm³/mol. The van der Waals surface area contributed by atoms with Crippen molar-refractivity contribution in [2.45, 2.75) is 179 Å². The van der Waals surface area contributed by atoms with Crippen LogP contribution in [0.4, 0.5) is 105 Å². The molecule has 0 aromatic rings. The van der Waals surface area contributed by atoms with Crippen LogP contribution in [-0.2, 0) is 9.47 Å². The fourth-order valence-electron chi connectivity index (χ4n) is 8.05. The number of alkyl halides is 24. The molecule has 0 spiro atoms. The molecule has 4 bridgehead atoms. The summed E-state index contributed by atoms with van der Waals surface area (Å²) in [6.07, 6.45) is -42.7. The van der Waals surface area contributed by atoms with Crippen LogP contribution in [0.15, 0.2) is 0 Å². The van der Waals surface area contributed by atoms with Crippen LogP contribution in [0.3, 0.4) is 0 Å². The van der Waals surface area contributed by atoms with E-state index in [2.05, 4.69) is 9.47 Å². The zero-order chi connectivity index (χ0) is 48.3. The lowest BCUT2D eigenvalue weighted by atomic mass is 9.68. The standard InChI is InChI=1S/2C10H10F6O.2C4H4F6O.2C2H6.2CH4/c2*11-9(12,13)8(10(14,15)16)6-4-1-2-5(3-4)7(6)17-8;2*1-2(11,3(5,6)7)4(8,9)10;2*1-2;;/h2*4-7H,1-3H2;2*11H,1H3;2*1-2H3;2*1H4/t2*4-,5+,6?,7?;;;;;;/m10....../s1. The molecule has 4 unspecified atom stereocenters. The Balaban J connectivity index is 0. The minimum atomic E-state index is -5.69. The van der Waals surface area contributed by atoms with E-state index in [1.54, 1.807) is 0 Å². The zero-order valence-corrected chi connectivity index (χ0v) is 31.6. The van der Waals surface area contributed by atoms with Crippen molar-refractivity contribution in [3.8, 4) is 0 Å². The minimum absolute atomic E-state index is 0. The molecular weight excluding hydrogens is 928 g/mol. The second-order valence-corrected chi connectivity index (χ2v) is 14.5. The molecule has 6 fully saturated rings. The van der Waals surface area contributed by atoms with Gasteiger partial charge in [-0.15, -0.1) is 0 Å². The summed E-state index contributed by atoms with van der Waals surface area (Å²) in [4.78, 5) is 0. The van der Waals surface area contributed by atoms with E-state index in [9.17, 15) is 105 Å². The lowest BCUT2D eigenvalue weighted by Crippen LogP contribution is -2.75. The van der Waals surface area contributed by atoms with Crippen LogP contribution in [0.1, 0.15) is 94.9 Å². The maximum Gasteiger partial charge on any atom is 0.426 e. The first-order valence-electron chi connectivity index (χ1n) is 17.7. The Bertz CT molecular complexity index is 1220. The Morgan fingerprint density at radius 1 is 0.371 bits per heavy atom. The molecular formula is C34H48F24O4. The van der Waals surface area contributed by atoms with Crippen molar-refractivity contribution in [2.75, 3.05) is 0 Å². The van der Waals surface area contributed by atoms with Gasteiger partial charge in [0.15, 0.2) is 0 Å². The Morgan fingerprint density at radius 2 is 0.548 bits per heavy atom. The van der Waals surface area contributed by atoms with E-state index in [1.165, 1.54) is 0 Å². The van der Waals surface area contributed by atoms with Crippen molar-refractivity contribution in [3.05, 3.63) is 0 Å². The van der Waals surface area contributed by atoms with E-state index < -0.39 is 108 Å². The molecule has 4 nitrogen and oxygen atoms in total. The SMILES string of the molecule is C.C.CC.CC.CC(O)(C(F)(F)F)C(F)(F)F.CC(O)(C(F)(F)F)C(F)(F)F.FC(F)(F)C1(C(F)(F)F)OC2C1[C@@H]1CC[C@H]2C1.FC(F)(F)C1(C(F)(F)F)OC2C1[C@H]1CC[C@@H]2C1. The van der Waals surface area contributed by atoms with Gasteiger partial charge in [0, 0.05) is 11.8 Å². The van der Waals surface area contributed by atoms with E-state index in [0.717, 1.165) is 0 Å². The number of fused-ring (bicyclic) bond motifs is 10. The second kappa shape index (κ2) is 19.2. The largest absolute Gasteiger partial charge is 0.426 e. The van der Waals surface area contributed by atoms with Gasteiger partial charge in [-0.2, -0.15) is 105 Å². The van der Waals surface area contributed by atoms with Crippen molar-refractivity contribution in [2.24, 2.45) is 35.5 Å². The van der Waals surface area contributed by atoms with Crippen LogP contribution < -0.4 is 0 Å². The molecule has 6 rings (SSSR count). The lowest BCUT2D eigenvalue weighted by molar-refractivity contribution is -0.471. The molecule has 0 amide bonds. The van der Waals surface area contributed by atoms with Gasteiger partial charge in [-0.25, -0.2) is 0 Å². The summed E-state index contributed by atoms with van der Waals surface area (Å²) in [7, 11) is 0. The summed E-state index contributed by atoms with van der Waals surface area (Å²) in [6, 6.07) is 0. The summed E-state index contributed by atoms with van der Waals surface area (Å²) in [5, 5.41) is 15.9. The quantitative estimate of drug-likeness (QED) is 0.238. The van der Waals surface area contributed by atoms with Crippen molar-refractivity contribution in [1.82, 2.24) is 0 Å². The van der Waals surface area contributed by atoms with Crippen LogP contribution in [0, 0.1) is 35.5 Å². The van der Waals surface area contributed by atoms with Crippen molar-refractivity contribution < 1.29 is 125 Å². The molecule has 28 heteroatoms. The van der Waals surface area contributed by atoms with E-state index in [0.29, 0.717) is 38.5 Å². The summed E-state index contributed by atoms with van der Waals surface area (Å²) < 4.78 is 298. The van der Waals surface area contributed by atoms with Crippen molar-refractivity contribution in [1.29, 1.82) is 0 Å². The maximum atomic E-state index is 12.8. The molecule has 2 saturated heterocycles. The monoisotopic (exact) mass is 976 g/mol. The minimum Gasteiger partial charge on any atom is -0.374 e. The van der Waals surface area contributed by atoms with Crippen LogP contribution in [0.5, 0.6) is 0 Å². The van der Waals surface area contributed by atoms with Crippen molar-refractivity contribution >= 4 is 0 Å². The summed E-state index contributed by atoms with van der Waals surface area (Å²) in [5.41, 5.74) is -17.0. The van der Waals surface area contributed by atoms with Gasteiger partial charge in [-0.3, -0.25) is 0 Å². The van der Waals surface area contributed by atoms with E-state index in [-0.39, 0.29) is 40.5 Å². The topological polar surface area (TPSA) is 58.9 Å². The van der Waals surface area contributed by atoms with Crippen LogP contribution in [-0.4, -0.2) is 94.2 Å². The van der Waals surface area contributed by atoms with Gasteiger partial charge >= 0.3 is 49.4 Å². The van der Waals surface area contributed by atoms with E-state index >= 15 is 0 Å². The molecule has 62 heavy (non-hydrogen) atoms. The Kier molecular flexibility index (Phi) is 19.3. The van der Waals surface area contributed by atoms with Crippen molar-refractivity contribution in [3.63, 3.8) is 0 Å². The molecule has 4 saturated carbocycles. The highest BCUT2D eigenvalue weighted by atomic mass is 19.4. The molecule has 6 aliphatic rings. The molecule has 2 N–H and O–H groups in total. The molecule has 0 aromatic heterocycles. The van der Waals surface area contributed by atoms with Gasteiger partial charge in [0.05, 0.1) is 12.2 Å². The maximum absolute atomic E-state index is 12.8. The number of aliphatic hydroxyl groups is 2. The average molecular weight is 977 g/mol. The van der Waals surface area contributed by atoms with E-state index in [1.807, 2.05) is 27.7 Å². The smallest absolute Gasteiger partial charge is 0.374 e. The van der Waals surface area contributed by atoms with Gasteiger partial charge < -0.3 is 19.7 Å². The first-order valence-corrected chi connectivity index (χ1v) is 17.7. The Morgan fingerprint density at radius 3 is 0.677 bits per heavy atom. The predicted octanol–water partition coefficient (Wildman–Crippen LogP) is 13.6. The van der Waals surface area contributed by atoms with Gasteiger partial charge in [0.25, 0.3) is 22.4 Å². The molecule has 2 aliphatic heterocycles. The fourth-order valence-corrected chi connectivity index (χ4v) is 8.05.